The Labute approximate surface area is 109 Å². The van der Waals surface area contributed by atoms with Crippen molar-refractivity contribution in [2.24, 2.45) is 5.92 Å². The maximum absolute atomic E-state index is 12.5. The van der Waals surface area contributed by atoms with E-state index in [1.54, 1.807) is 0 Å². The second kappa shape index (κ2) is 6.19. The van der Waals surface area contributed by atoms with E-state index >= 15 is 0 Å². The molecule has 4 heteroatoms. The number of hydrogen-bond acceptors (Lipinski definition) is 3. The normalized spacial score (nSPS) is 30.9. The Morgan fingerprint density at radius 3 is 2.78 bits per heavy atom. The van der Waals surface area contributed by atoms with Gasteiger partial charge in [-0.05, 0) is 18.8 Å². The predicted molar refractivity (Wildman–Crippen MR) is 69.8 cm³/mol. The first kappa shape index (κ1) is 13.4. The molecular formula is C14H23N3O. The standard InChI is InChI=1S/C14H23N3O/c1-11-9-16-13(7-8-15)14(18)17(10-11)12-5-3-2-4-6-12/h11-13,16H,2-7,9-10H2,1H3. The zero-order valence-corrected chi connectivity index (χ0v) is 11.2. The van der Waals surface area contributed by atoms with Gasteiger partial charge in [-0.1, -0.05) is 26.2 Å². The molecule has 1 aliphatic carbocycles. The molecule has 1 aliphatic heterocycles. The molecule has 0 aromatic carbocycles. The average molecular weight is 249 g/mol. The maximum atomic E-state index is 12.5. The third kappa shape index (κ3) is 3.02. The number of nitriles is 1. The average Bonchev–Trinajstić information content (AvgIpc) is 2.53. The van der Waals surface area contributed by atoms with Crippen LogP contribution in [0.5, 0.6) is 0 Å². The molecule has 0 spiro atoms. The fourth-order valence-corrected chi connectivity index (χ4v) is 3.09. The molecule has 1 heterocycles. The van der Waals surface area contributed by atoms with Gasteiger partial charge >= 0.3 is 0 Å². The number of hydrogen-bond donors (Lipinski definition) is 1. The number of nitrogens with zero attached hydrogens (tertiary/aromatic N) is 2. The van der Waals surface area contributed by atoms with Crippen molar-refractivity contribution >= 4 is 5.91 Å². The SMILES string of the molecule is CC1CNC(CC#N)C(=O)N(C2CCCCC2)C1. The molecule has 2 aliphatic rings. The zero-order chi connectivity index (χ0) is 13.0. The molecule has 2 rings (SSSR count). The Hall–Kier alpha value is -1.08. The lowest BCUT2D eigenvalue weighted by Crippen LogP contribution is -2.48. The summed E-state index contributed by atoms with van der Waals surface area (Å²) in [6.07, 6.45) is 6.33. The molecule has 2 fully saturated rings. The topological polar surface area (TPSA) is 56.1 Å². The quantitative estimate of drug-likeness (QED) is 0.810. The van der Waals surface area contributed by atoms with Crippen molar-refractivity contribution in [3.63, 3.8) is 0 Å². The van der Waals surface area contributed by atoms with E-state index in [0.29, 0.717) is 12.0 Å². The highest BCUT2D eigenvalue weighted by atomic mass is 16.2. The van der Waals surface area contributed by atoms with Crippen LogP contribution in [0.2, 0.25) is 0 Å². The summed E-state index contributed by atoms with van der Waals surface area (Å²) in [5.74, 6) is 0.618. The first-order valence-corrected chi connectivity index (χ1v) is 7.13. The van der Waals surface area contributed by atoms with E-state index in [9.17, 15) is 4.79 Å². The lowest BCUT2D eigenvalue weighted by molar-refractivity contribution is -0.135. The van der Waals surface area contributed by atoms with Crippen LogP contribution >= 0.6 is 0 Å². The summed E-state index contributed by atoms with van der Waals surface area (Å²) < 4.78 is 0. The van der Waals surface area contributed by atoms with Gasteiger partial charge < -0.3 is 10.2 Å². The van der Waals surface area contributed by atoms with Crippen LogP contribution in [0.25, 0.3) is 0 Å². The van der Waals surface area contributed by atoms with E-state index in [1.807, 2.05) is 0 Å². The van der Waals surface area contributed by atoms with Gasteiger partial charge in [0.2, 0.25) is 5.91 Å². The lowest BCUT2D eigenvalue weighted by Gasteiger charge is -2.35. The maximum Gasteiger partial charge on any atom is 0.241 e. The molecule has 2 unspecified atom stereocenters. The Balaban J connectivity index is 2.09. The number of rotatable bonds is 2. The number of nitrogens with one attached hydrogen (secondary N) is 1. The van der Waals surface area contributed by atoms with E-state index in [-0.39, 0.29) is 18.4 Å². The fourth-order valence-electron chi connectivity index (χ4n) is 3.09. The molecule has 2 atom stereocenters. The molecule has 0 aromatic rings. The molecule has 0 radical (unpaired) electrons. The van der Waals surface area contributed by atoms with Crippen molar-refractivity contribution < 1.29 is 4.79 Å². The smallest absolute Gasteiger partial charge is 0.241 e. The Morgan fingerprint density at radius 2 is 2.11 bits per heavy atom. The minimum atomic E-state index is -0.290. The Bertz CT molecular complexity index is 330. The first-order valence-electron chi connectivity index (χ1n) is 7.13. The molecule has 1 amide bonds. The van der Waals surface area contributed by atoms with Gasteiger partial charge in [0.15, 0.2) is 0 Å². The van der Waals surface area contributed by atoms with E-state index in [1.165, 1.54) is 19.3 Å². The van der Waals surface area contributed by atoms with Crippen molar-refractivity contribution in [2.45, 2.75) is 57.5 Å². The molecule has 18 heavy (non-hydrogen) atoms. The predicted octanol–water partition coefficient (Wildman–Crippen LogP) is 1.67. The first-order chi connectivity index (χ1) is 8.72. The van der Waals surface area contributed by atoms with Gasteiger partial charge in [0.25, 0.3) is 0 Å². The van der Waals surface area contributed by atoms with Crippen molar-refractivity contribution in [1.29, 1.82) is 5.26 Å². The van der Waals surface area contributed by atoms with Crippen molar-refractivity contribution in [1.82, 2.24) is 10.2 Å². The van der Waals surface area contributed by atoms with Crippen LogP contribution in [0, 0.1) is 17.2 Å². The summed E-state index contributed by atoms with van der Waals surface area (Å²) in [5, 5.41) is 12.1. The van der Waals surface area contributed by atoms with Crippen molar-refractivity contribution in [2.75, 3.05) is 13.1 Å². The molecule has 100 valence electrons. The summed E-state index contributed by atoms with van der Waals surface area (Å²) in [6, 6.07) is 2.25. The van der Waals surface area contributed by atoms with Crippen molar-refractivity contribution in [3.05, 3.63) is 0 Å². The second-order valence-corrected chi connectivity index (χ2v) is 5.71. The van der Waals surface area contributed by atoms with Crippen LogP contribution < -0.4 is 5.32 Å². The molecule has 0 aromatic heterocycles. The third-order valence-corrected chi connectivity index (χ3v) is 4.11. The van der Waals surface area contributed by atoms with Crippen LogP contribution in [0.15, 0.2) is 0 Å². The Kier molecular flexibility index (Phi) is 4.60. The highest BCUT2D eigenvalue weighted by Gasteiger charge is 2.33. The van der Waals surface area contributed by atoms with Gasteiger partial charge in [0.1, 0.15) is 0 Å². The molecule has 1 N–H and O–H groups in total. The van der Waals surface area contributed by atoms with E-state index in [2.05, 4.69) is 23.2 Å². The minimum absolute atomic E-state index is 0.146. The minimum Gasteiger partial charge on any atom is -0.338 e. The van der Waals surface area contributed by atoms with Crippen LogP contribution in [0.4, 0.5) is 0 Å². The second-order valence-electron chi connectivity index (χ2n) is 5.71. The number of carbonyl (C=O) groups is 1. The monoisotopic (exact) mass is 249 g/mol. The van der Waals surface area contributed by atoms with Crippen LogP contribution in [0.1, 0.15) is 45.4 Å². The van der Waals surface area contributed by atoms with Crippen LogP contribution in [0.3, 0.4) is 0 Å². The molecule has 0 bridgehead atoms. The van der Waals surface area contributed by atoms with Gasteiger partial charge in [-0.2, -0.15) is 5.26 Å². The number of amides is 1. The van der Waals surface area contributed by atoms with E-state index in [4.69, 9.17) is 5.26 Å². The zero-order valence-electron chi connectivity index (χ0n) is 11.2. The summed E-state index contributed by atoms with van der Waals surface area (Å²) >= 11 is 0. The fraction of sp³-hybridized carbons (Fsp3) is 0.857. The molecule has 4 nitrogen and oxygen atoms in total. The van der Waals surface area contributed by atoms with Crippen molar-refractivity contribution in [3.8, 4) is 6.07 Å². The Morgan fingerprint density at radius 1 is 1.39 bits per heavy atom. The van der Waals surface area contributed by atoms with Gasteiger partial charge in [-0.15, -0.1) is 0 Å². The van der Waals surface area contributed by atoms with E-state index in [0.717, 1.165) is 25.9 Å². The number of carbonyl (C=O) groups excluding carboxylic acids is 1. The largest absolute Gasteiger partial charge is 0.338 e. The lowest BCUT2D eigenvalue weighted by atomic mass is 9.93. The van der Waals surface area contributed by atoms with E-state index < -0.39 is 0 Å². The summed E-state index contributed by atoms with van der Waals surface area (Å²) in [4.78, 5) is 14.6. The molecule has 1 saturated carbocycles. The van der Waals surface area contributed by atoms with Gasteiger partial charge in [-0.25, -0.2) is 0 Å². The molecular weight excluding hydrogens is 226 g/mol. The molecule has 1 saturated heterocycles. The van der Waals surface area contributed by atoms with Gasteiger partial charge in [0.05, 0.1) is 18.5 Å². The summed E-state index contributed by atoms with van der Waals surface area (Å²) in [6.45, 7) is 3.85. The summed E-state index contributed by atoms with van der Waals surface area (Å²) in [7, 11) is 0. The highest BCUT2D eigenvalue weighted by molar-refractivity contribution is 5.82. The highest BCUT2D eigenvalue weighted by Crippen LogP contribution is 2.25. The van der Waals surface area contributed by atoms with Gasteiger partial charge in [0, 0.05) is 19.1 Å². The third-order valence-electron chi connectivity index (χ3n) is 4.11. The summed E-state index contributed by atoms with van der Waals surface area (Å²) in [5.41, 5.74) is 0. The van der Waals surface area contributed by atoms with Crippen LogP contribution in [-0.4, -0.2) is 36.0 Å². The van der Waals surface area contributed by atoms with Crippen LogP contribution in [-0.2, 0) is 4.79 Å². The van der Waals surface area contributed by atoms with Gasteiger partial charge in [-0.3, -0.25) is 4.79 Å².